The fraction of sp³-hybridized carbons (Fsp3) is 0.571. The zero-order valence-electron chi connectivity index (χ0n) is 10.3. The van der Waals surface area contributed by atoms with E-state index in [2.05, 4.69) is 26.0 Å². The van der Waals surface area contributed by atoms with Crippen LogP contribution in [0, 0.1) is 0 Å². The normalized spacial score (nSPS) is 34.9. The molecule has 1 aliphatic heterocycles. The lowest BCUT2D eigenvalue weighted by molar-refractivity contribution is -0.301. The number of hydrogen-bond acceptors (Lipinski definition) is 2. The summed E-state index contributed by atoms with van der Waals surface area (Å²) in [6, 6.07) is 10.4. The molecule has 0 aromatic heterocycles. The molecule has 1 aromatic carbocycles. The predicted molar refractivity (Wildman–Crippen MR) is 64.3 cm³/mol. The van der Waals surface area contributed by atoms with Crippen molar-refractivity contribution in [1.82, 2.24) is 0 Å². The van der Waals surface area contributed by atoms with E-state index in [1.54, 1.807) is 0 Å². The molecule has 0 N–H and O–H groups in total. The van der Waals surface area contributed by atoms with Crippen molar-refractivity contribution in [2.24, 2.45) is 0 Å². The maximum absolute atomic E-state index is 5.93. The molecular weight excluding hydrogens is 200 g/mol. The second-order valence-electron chi connectivity index (χ2n) is 4.89. The summed E-state index contributed by atoms with van der Waals surface area (Å²) < 4.78 is 11.9. The van der Waals surface area contributed by atoms with Crippen LogP contribution in [0.4, 0.5) is 0 Å². The van der Waals surface area contributed by atoms with Gasteiger partial charge in [-0.1, -0.05) is 30.3 Å². The minimum absolute atomic E-state index is 0.275. The third kappa shape index (κ3) is 2.83. The average Bonchev–Trinajstić information content (AvgIpc) is 2.15. The van der Waals surface area contributed by atoms with Gasteiger partial charge in [-0.05, 0) is 32.8 Å². The summed E-state index contributed by atoms with van der Waals surface area (Å²) in [6.45, 7) is 6.26. The topological polar surface area (TPSA) is 18.5 Å². The summed E-state index contributed by atoms with van der Waals surface area (Å²) in [4.78, 5) is 0. The van der Waals surface area contributed by atoms with Crippen molar-refractivity contribution in [2.45, 2.75) is 51.6 Å². The second kappa shape index (κ2) is 4.56. The molecular formula is C14H20O2. The van der Waals surface area contributed by atoms with E-state index in [-0.39, 0.29) is 12.2 Å². The Hall–Kier alpha value is -0.860. The first-order chi connectivity index (χ1) is 7.57. The van der Waals surface area contributed by atoms with Crippen molar-refractivity contribution in [3.63, 3.8) is 0 Å². The van der Waals surface area contributed by atoms with Gasteiger partial charge in [-0.25, -0.2) is 0 Å². The molecule has 2 rings (SSSR count). The Labute approximate surface area is 97.6 Å². The maximum atomic E-state index is 5.93. The SMILES string of the molecule is C[C@H]1C[C@H](C)OC(C)(Cc2ccccc2)O1. The predicted octanol–water partition coefficient (Wildman–Crippen LogP) is 3.16. The van der Waals surface area contributed by atoms with E-state index in [0.29, 0.717) is 0 Å². The molecule has 0 saturated carbocycles. The minimum atomic E-state index is -0.474. The summed E-state index contributed by atoms with van der Waals surface area (Å²) in [7, 11) is 0. The van der Waals surface area contributed by atoms with Crippen molar-refractivity contribution in [2.75, 3.05) is 0 Å². The zero-order chi connectivity index (χ0) is 11.6. The van der Waals surface area contributed by atoms with E-state index in [1.165, 1.54) is 5.56 Å². The average molecular weight is 220 g/mol. The van der Waals surface area contributed by atoms with Gasteiger partial charge in [0.2, 0.25) is 0 Å². The van der Waals surface area contributed by atoms with Crippen molar-refractivity contribution in [3.8, 4) is 0 Å². The van der Waals surface area contributed by atoms with Gasteiger partial charge < -0.3 is 9.47 Å². The van der Waals surface area contributed by atoms with E-state index in [9.17, 15) is 0 Å². The summed E-state index contributed by atoms with van der Waals surface area (Å²) in [5.41, 5.74) is 1.26. The molecule has 0 radical (unpaired) electrons. The first-order valence-corrected chi connectivity index (χ1v) is 5.97. The van der Waals surface area contributed by atoms with Gasteiger partial charge in [0, 0.05) is 6.42 Å². The lowest BCUT2D eigenvalue weighted by Crippen LogP contribution is -2.46. The minimum Gasteiger partial charge on any atom is -0.347 e. The summed E-state index contributed by atoms with van der Waals surface area (Å²) in [5.74, 6) is -0.474. The van der Waals surface area contributed by atoms with Crippen LogP contribution < -0.4 is 0 Å². The number of hydrogen-bond donors (Lipinski definition) is 0. The first-order valence-electron chi connectivity index (χ1n) is 5.97. The Morgan fingerprint density at radius 1 is 1.12 bits per heavy atom. The van der Waals surface area contributed by atoms with Crippen LogP contribution in [0.3, 0.4) is 0 Å². The number of benzene rings is 1. The molecule has 1 saturated heterocycles. The Bertz CT molecular complexity index is 324. The molecule has 1 fully saturated rings. The quantitative estimate of drug-likeness (QED) is 0.762. The van der Waals surface area contributed by atoms with Crippen LogP contribution in [0.15, 0.2) is 30.3 Å². The molecule has 16 heavy (non-hydrogen) atoms. The Kier molecular flexibility index (Phi) is 3.31. The number of ether oxygens (including phenoxy) is 2. The van der Waals surface area contributed by atoms with Gasteiger partial charge >= 0.3 is 0 Å². The maximum Gasteiger partial charge on any atom is 0.170 e. The standard InChI is InChI=1S/C14H20O2/c1-11-9-12(2)16-14(3,15-11)10-13-7-5-4-6-8-13/h4-8,11-12H,9-10H2,1-3H3/t11-,12-/m0/s1. The fourth-order valence-corrected chi connectivity index (χ4v) is 2.49. The van der Waals surface area contributed by atoms with Gasteiger partial charge in [0.15, 0.2) is 5.79 Å². The summed E-state index contributed by atoms with van der Waals surface area (Å²) >= 11 is 0. The Balaban J connectivity index is 2.07. The smallest absolute Gasteiger partial charge is 0.170 e. The van der Waals surface area contributed by atoms with Crippen LogP contribution in [0.5, 0.6) is 0 Å². The van der Waals surface area contributed by atoms with E-state index in [1.807, 2.05) is 25.1 Å². The highest BCUT2D eigenvalue weighted by Crippen LogP contribution is 2.29. The fourth-order valence-electron chi connectivity index (χ4n) is 2.49. The first kappa shape index (κ1) is 11.6. The molecule has 0 unspecified atom stereocenters. The largest absolute Gasteiger partial charge is 0.347 e. The Morgan fingerprint density at radius 3 is 2.25 bits per heavy atom. The molecule has 1 aromatic rings. The van der Waals surface area contributed by atoms with Crippen LogP contribution in [0.25, 0.3) is 0 Å². The summed E-state index contributed by atoms with van der Waals surface area (Å²) in [6.07, 6.45) is 2.34. The third-order valence-electron chi connectivity index (χ3n) is 2.93. The lowest BCUT2D eigenvalue weighted by atomic mass is 10.0. The monoisotopic (exact) mass is 220 g/mol. The van der Waals surface area contributed by atoms with Gasteiger partial charge in [-0.15, -0.1) is 0 Å². The Morgan fingerprint density at radius 2 is 1.69 bits per heavy atom. The van der Waals surface area contributed by atoms with Gasteiger partial charge in [-0.3, -0.25) is 0 Å². The highest BCUT2D eigenvalue weighted by molar-refractivity contribution is 5.16. The molecule has 2 atom stereocenters. The molecule has 0 amide bonds. The van der Waals surface area contributed by atoms with E-state index < -0.39 is 5.79 Å². The highest BCUT2D eigenvalue weighted by Gasteiger charge is 2.35. The van der Waals surface area contributed by atoms with Crippen molar-refractivity contribution < 1.29 is 9.47 Å². The second-order valence-corrected chi connectivity index (χ2v) is 4.89. The molecule has 88 valence electrons. The van der Waals surface area contributed by atoms with Crippen LogP contribution in [0.1, 0.15) is 32.8 Å². The number of rotatable bonds is 2. The van der Waals surface area contributed by atoms with E-state index in [4.69, 9.17) is 9.47 Å². The lowest BCUT2D eigenvalue weighted by Gasteiger charge is -2.41. The van der Waals surface area contributed by atoms with Gasteiger partial charge in [0.05, 0.1) is 12.2 Å². The van der Waals surface area contributed by atoms with Gasteiger partial charge in [-0.2, -0.15) is 0 Å². The van der Waals surface area contributed by atoms with Crippen LogP contribution in [-0.2, 0) is 15.9 Å². The van der Waals surface area contributed by atoms with Crippen molar-refractivity contribution >= 4 is 0 Å². The molecule has 0 spiro atoms. The van der Waals surface area contributed by atoms with Crippen molar-refractivity contribution in [3.05, 3.63) is 35.9 Å². The molecule has 2 nitrogen and oxygen atoms in total. The van der Waals surface area contributed by atoms with E-state index in [0.717, 1.165) is 12.8 Å². The molecule has 1 heterocycles. The zero-order valence-corrected chi connectivity index (χ0v) is 10.3. The molecule has 0 bridgehead atoms. The van der Waals surface area contributed by atoms with Gasteiger partial charge in [0.25, 0.3) is 0 Å². The molecule has 2 heteroatoms. The molecule has 1 aliphatic rings. The third-order valence-corrected chi connectivity index (χ3v) is 2.93. The van der Waals surface area contributed by atoms with Gasteiger partial charge in [0.1, 0.15) is 0 Å². The van der Waals surface area contributed by atoms with Crippen LogP contribution >= 0.6 is 0 Å². The van der Waals surface area contributed by atoms with E-state index >= 15 is 0 Å². The highest BCUT2D eigenvalue weighted by atomic mass is 16.7. The summed E-state index contributed by atoms with van der Waals surface area (Å²) in [5, 5.41) is 0. The molecule has 0 aliphatic carbocycles. The van der Waals surface area contributed by atoms with Crippen LogP contribution in [0.2, 0.25) is 0 Å². The van der Waals surface area contributed by atoms with Crippen molar-refractivity contribution in [1.29, 1.82) is 0 Å². The van der Waals surface area contributed by atoms with Crippen LogP contribution in [-0.4, -0.2) is 18.0 Å².